The molecule has 0 saturated carbocycles. The van der Waals surface area contributed by atoms with Gasteiger partial charge in [-0.15, -0.1) is 11.3 Å². The Morgan fingerprint density at radius 3 is 2.46 bits per heavy atom. The number of thiazole rings is 1. The molecule has 3 aromatic carbocycles. The minimum atomic E-state index is -3.38. The number of sulfonamides is 1. The molecule has 0 amide bonds. The van der Waals surface area contributed by atoms with E-state index in [0.29, 0.717) is 24.3 Å². The van der Waals surface area contributed by atoms with E-state index < -0.39 is 16.1 Å². The average molecular weight is 508 g/mol. The number of nitrogens with zero attached hydrogens (tertiary/aromatic N) is 1. The Labute approximate surface area is 210 Å². The molecular formula is C27H29N3O3S2. The number of aliphatic hydroxyl groups is 1. The van der Waals surface area contributed by atoms with Crippen LogP contribution in [0.4, 0.5) is 5.69 Å². The second-order valence-electron chi connectivity index (χ2n) is 8.52. The molecule has 1 aromatic heterocycles. The van der Waals surface area contributed by atoms with Crippen LogP contribution in [0.2, 0.25) is 0 Å². The van der Waals surface area contributed by atoms with Crippen molar-refractivity contribution in [2.24, 2.45) is 0 Å². The molecule has 0 unspecified atom stereocenters. The van der Waals surface area contributed by atoms with Crippen molar-refractivity contribution in [2.75, 3.05) is 24.1 Å². The van der Waals surface area contributed by atoms with Gasteiger partial charge in [0.15, 0.2) is 0 Å². The average Bonchev–Trinajstić information content (AvgIpc) is 3.34. The number of rotatable bonds is 10. The van der Waals surface area contributed by atoms with Gasteiger partial charge < -0.3 is 10.4 Å². The third-order valence-corrected chi connectivity index (χ3v) is 7.13. The Hall–Kier alpha value is -3.04. The molecule has 8 heteroatoms. The number of hydrogen-bond acceptors (Lipinski definition) is 6. The maximum atomic E-state index is 11.6. The molecule has 0 bridgehead atoms. The highest BCUT2D eigenvalue weighted by atomic mass is 32.2. The molecule has 182 valence electrons. The number of anilines is 1. The zero-order valence-electron chi connectivity index (χ0n) is 19.7. The molecule has 0 fully saturated rings. The van der Waals surface area contributed by atoms with Crippen LogP contribution in [-0.4, -0.2) is 37.9 Å². The SMILES string of the molecule is Cc1ccc([C@@H](O)CNCCc2ccc(-c3csc(-c4ccccc4)n3)cc2)cc1NS(C)(=O)=O. The second kappa shape index (κ2) is 11.1. The maximum Gasteiger partial charge on any atom is 0.229 e. The topological polar surface area (TPSA) is 91.3 Å². The van der Waals surface area contributed by atoms with Gasteiger partial charge in [0.2, 0.25) is 10.0 Å². The van der Waals surface area contributed by atoms with Crippen LogP contribution in [0.25, 0.3) is 21.8 Å². The van der Waals surface area contributed by atoms with Crippen LogP contribution in [0.1, 0.15) is 22.8 Å². The molecule has 0 saturated heterocycles. The summed E-state index contributed by atoms with van der Waals surface area (Å²) in [5, 5.41) is 16.9. The molecule has 0 radical (unpaired) electrons. The van der Waals surface area contributed by atoms with Gasteiger partial charge in [-0.05, 0) is 42.6 Å². The molecule has 35 heavy (non-hydrogen) atoms. The number of aryl methyl sites for hydroxylation is 1. The predicted molar refractivity (Wildman–Crippen MR) is 144 cm³/mol. The third-order valence-electron chi connectivity index (χ3n) is 5.64. The summed E-state index contributed by atoms with van der Waals surface area (Å²) in [4.78, 5) is 4.78. The number of aromatic nitrogens is 1. The summed E-state index contributed by atoms with van der Waals surface area (Å²) in [5.41, 5.74) is 6.35. The monoisotopic (exact) mass is 507 g/mol. The molecule has 4 aromatic rings. The molecule has 3 N–H and O–H groups in total. The first kappa shape index (κ1) is 25.1. The minimum Gasteiger partial charge on any atom is -0.387 e. The predicted octanol–water partition coefficient (Wildman–Crippen LogP) is 5.02. The smallest absolute Gasteiger partial charge is 0.229 e. The number of benzene rings is 3. The van der Waals surface area contributed by atoms with Gasteiger partial charge in [-0.1, -0.05) is 66.7 Å². The molecule has 6 nitrogen and oxygen atoms in total. The Morgan fingerprint density at radius 1 is 1.00 bits per heavy atom. The zero-order chi connectivity index (χ0) is 24.8. The van der Waals surface area contributed by atoms with Crippen molar-refractivity contribution in [3.8, 4) is 21.8 Å². The van der Waals surface area contributed by atoms with E-state index in [9.17, 15) is 13.5 Å². The highest BCUT2D eigenvalue weighted by molar-refractivity contribution is 7.92. The molecule has 0 aliphatic rings. The van der Waals surface area contributed by atoms with Crippen LogP contribution >= 0.6 is 11.3 Å². The quantitative estimate of drug-likeness (QED) is 0.262. The number of hydrogen-bond donors (Lipinski definition) is 3. The zero-order valence-corrected chi connectivity index (χ0v) is 21.4. The normalized spacial score (nSPS) is 12.4. The fraction of sp³-hybridized carbons (Fsp3) is 0.222. The first-order chi connectivity index (χ1) is 16.8. The maximum absolute atomic E-state index is 11.6. The molecule has 0 spiro atoms. The summed E-state index contributed by atoms with van der Waals surface area (Å²) in [6, 6.07) is 23.9. The van der Waals surface area contributed by atoms with Crippen molar-refractivity contribution < 1.29 is 13.5 Å². The first-order valence-corrected chi connectivity index (χ1v) is 14.1. The van der Waals surface area contributed by atoms with Crippen molar-refractivity contribution in [3.05, 3.63) is 94.9 Å². The van der Waals surface area contributed by atoms with Crippen molar-refractivity contribution in [3.63, 3.8) is 0 Å². The van der Waals surface area contributed by atoms with Gasteiger partial charge in [0, 0.05) is 23.1 Å². The summed E-state index contributed by atoms with van der Waals surface area (Å²) in [6.07, 6.45) is 1.21. The Morgan fingerprint density at radius 2 is 1.74 bits per heavy atom. The highest BCUT2D eigenvalue weighted by Crippen LogP contribution is 2.29. The van der Waals surface area contributed by atoms with E-state index in [2.05, 4.69) is 51.8 Å². The molecular weight excluding hydrogens is 478 g/mol. The van der Waals surface area contributed by atoms with Gasteiger partial charge in [-0.2, -0.15) is 0 Å². The van der Waals surface area contributed by atoms with E-state index >= 15 is 0 Å². The van der Waals surface area contributed by atoms with E-state index in [-0.39, 0.29) is 0 Å². The van der Waals surface area contributed by atoms with Crippen molar-refractivity contribution in [2.45, 2.75) is 19.4 Å². The lowest BCUT2D eigenvalue weighted by Crippen LogP contribution is -2.24. The lowest BCUT2D eigenvalue weighted by atomic mass is 10.1. The van der Waals surface area contributed by atoms with Crippen molar-refractivity contribution in [1.82, 2.24) is 10.3 Å². The standard InChI is InChI=1S/C27H29N3O3S2/c1-19-8-11-23(16-24(19)30-35(2,32)33)26(31)17-28-15-14-20-9-12-21(13-10-20)25-18-34-27(29-25)22-6-4-3-5-7-22/h3-13,16,18,26,28,30-31H,14-15,17H2,1-2H3/t26-/m0/s1. The van der Waals surface area contributed by atoms with E-state index in [1.807, 2.05) is 31.2 Å². The lowest BCUT2D eigenvalue weighted by Gasteiger charge is -2.15. The fourth-order valence-corrected chi connectivity index (χ4v) is 5.16. The van der Waals surface area contributed by atoms with Crippen LogP contribution in [0, 0.1) is 6.92 Å². The van der Waals surface area contributed by atoms with Crippen LogP contribution in [0.3, 0.4) is 0 Å². The summed E-state index contributed by atoms with van der Waals surface area (Å²) in [6.45, 7) is 2.91. The van der Waals surface area contributed by atoms with Gasteiger partial charge in [0.05, 0.1) is 23.7 Å². The van der Waals surface area contributed by atoms with E-state index in [4.69, 9.17) is 4.98 Å². The highest BCUT2D eigenvalue weighted by Gasteiger charge is 2.12. The Kier molecular flexibility index (Phi) is 7.97. The Balaban J connectivity index is 1.28. The third kappa shape index (κ3) is 6.99. The molecule has 0 aliphatic heterocycles. The van der Waals surface area contributed by atoms with E-state index in [1.54, 1.807) is 23.5 Å². The number of nitrogens with one attached hydrogen (secondary N) is 2. The van der Waals surface area contributed by atoms with Crippen molar-refractivity contribution in [1.29, 1.82) is 0 Å². The van der Waals surface area contributed by atoms with Crippen LogP contribution in [-0.2, 0) is 16.4 Å². The number of aliphatic hydroxyl groups excluding tert-OH is 1. The van der Waals surface area contributed by atoms with Gasteiger partial charge >= 0.3 is 0 Å². The summed E-state index contributed by atoms with van der Waals surface area (Å²) in [5.74, 6) is 0. The second-order valence-corrected chi connectivity index (χ2v) is 11.1. The lowest BCUT2D eigenvalue weighted by molar-refractivity contribution is 0.175. The molecule has 1 heterocycles. The first-order valence-electron chi connectivity index (χ1n) is 11.4. The van der Waals surface area contributed by atoms with Gasteiger partial charge in [0.1, 0.15) is 5.01 Å². The molecule has 4 rings (SSSR count). The van der Waals surface area contributed by atoms with Crippen LogP contribution in [0.15, 0.2) is 78.2 Å². The van der Waals surface area contributed by atoms with E-state index in [0.717, 1.165) is 40.1 Å². The van der Waals surface area contributed by atoms with E-state index in [1.165, 1.54) is 5.56 Å². The Bertz CT molecular complexity index is 1370. The van der Waals surface area contributed by atoms with Gasteiger partial charge in [-0.3, -0.25) is 4.72 Å². The molecule has 0 aliphatic carbocycles. The van der Waals surface area contributed by atoms with Crippen LogP contribution in [0.5, 0.6) is 0 Å². The molecule has 1 atom stereocenters. The van der Waals surface area contributed by atoms with Crippen molar-refractivity contribution >= 4 is 27.0 Å². The summed E-state index contributed by atoms with van der Waals surface area (Å²) in [7, 11) is -3.38. The minimum absolute atomic E-state index is 0.376. The largest absolute Gasteiger partial charge is 0.387 e. The summed E-state index contributed by atoms with van der Waals surface area (Å²) >= 11 is 1.64. The fourth-order valence-electron chi connectivity index (χ4n) is 3.71. The summed E-state index contributed by atoms with van der Waals surface area (Å²) < 4.78 is 25.6. The van der Waals surface area contributed by atoms with Gasteiger partial charge in [0.25, 0.3) is 0 Å². The van der Waals surface area contributed by atoms with Crippen LogP contribution < -0.4 is 10.0 Å². The van der Waals surface area contributed by atoms with Gasteiger partial charge in [-0.25, -0.2) is 13.4 Å².